The van der Waals surface area contributed by atoms with Gasteiger partial charge in [0.2, 0.25) is 5.91 Å². The Morgan fingerprint density at radius 2 is 2.05 bits per heavy atom. The molecule has 0 aromatic heterocycles. The molecule has 1 fully saturated rings. The van der Waals surface area contributed by atoms with E-state index in [4.69, 9.17) is 9.47 Å². The van der Waals surface area contributed by atoms with Crippen LogP contribution in [0.2, 0.25) is 0 Å². The van der Waals surface area contributed by atoms with Crippen molar-refractivity contribution in [2.45, 2.75) is 32.4 Å². The molecular weight excluding hydrogens is 268 g/mol. The Labute approximate surface area is 126 Å². The minimum absolute atomic E-state index is 0.0487. The van der Waals surface area contributed by atoms with Gasteiger partial charge in [-0.25, -0.2) is 0 Å². The van der Waals surface area contributed by atoms with E-state index in [-0.39, 0.29) is 23.9 Å². The summed E-state index contributed by atoms with van der Waals surface area (Å²) in [6.45, 7) is 4.94. The van der Waals surface area contributed by atoms with Crippen molar-refractivity contribution in [1.82, 2.24) is 10.6 Å². The molecule has 1 aromatic carbocycles. The van der Waals surface area contributed by atoms with E-state index in [1.165, 1.54) is 0 Å². The molecule has 0 bridgehead atoms. The molecule has 1 heterocycles. The number of hydrogen-bond donors (Lipinski definition) is 2. The van der Waals surface area contributed by atoms with Gasteiger partial charge in [0.1, 0.15) is 0 Å². The summed E-state index contributed by atoms with van der Waals surface area (Å²) < 4.78 is 10.5. The van der Waals surface area contributed by atoms with E-state index in [2.05, 4.69) is 17.6 Å². The lowest BCUT2D eigenvalue weighted by Crippen LogP contribution is -2.37. The van der Waals surface area contributed by atoms with E-state index in [1.54, 1.807) is 14.2 Å². The Hall–Kier alpha value is -1.75. The van der Waals surface area contributed by atoms with Gasteiger partial charge in [-0.05, 0) is 44.5 Å². The summed E-state index contributed by atoms with van der Waals surface area (Å²) in [6.07, 6.45) is 0.894. The van der Waals surface area contributed by atoms with Crippen LogP contribution in [0, 0.1) is 5.92 Å². The van der Waals surface area contributed by atoms with E-state index < -0.39 is 0 Å². The first-order valence-electron chi connectivity index (χ1n) is 7.32. The number of ether oxygens (including phenoxy) is 2. The zero-order valence-corrected chi connectivity index (χ0v) is 13.1. The van der Waals surface area contributed by atoms with Gasteiger partial charge < -0.3 is 20.1 Å². The van der Waals surface area contributed by atoms with Crippen LogP contribution in [0.25, 0.3) is 0 Å². The number of carbonyl (C=O) groups excluding carboxylic acids is 1. The number of carbonyl (C=O) groups is 1. The van der Waals surface area contributed by atoms with Crippen molar-refractivity contribution in [1.29, 1.82) is 0 Å². The summed E-state index contributed by atoms with van der Waals surface area (Å²) >= 11 is 0. The fourth-order valence-corrected chi connectivity index (χ4v) is 2.74. The van der Waals surface area contributed by atoms with Crippen molar-refractivity contribution in [3.63, 3.8) is 0 Å². The summed E-state index contributed by atoms with van der Waals surface area (Å²) in [5.41, 5.74) is 1.000. The minimum atomic E-state index is -0.0647. The van der Waals surface area contributed by atoms with E-state index >= 15 is 0 Å². The highest BCUT2D eigenvalue weighted by Crippen LogP contribution is 2.30. The second-order valence-electron chi connectivity index (χ2n) is 5.48. The van der Waals surface area contributed by atoms with Crippen LogP contribution in [0.3, 0.4) is 0 Å². The van der Waals surface area contributed by atoms with Crippen LogP contribution in [0.1, 0.15) is 31.9 Å². The molecule has 1 saturated heterocycles. The van der Waals surface area contributed by atoms with Gasteiger partial charge in [-0.3, -0.25) is 4.79 Å². The van der Waals surface area contributed by atoms with Crippen LogP contribution in [-0.4, -0.2) is 32.7 Å². The van der Waals surface area contributed by atoms with E-state index in [1.807, 2.05) is 25.1 Å². The zero-order valence-electron chi connectivity index (χ0n) is 13.1. The molecule has 5 heteroatoms. The van der Waals surface area contributed by atoms with Gasteiger partial charge in [-0.15, -0.1) is 0 Å². The molecule has 0 spiro atoms. The summed E-state index contributed by atoms with van der Waals surface area (Å²) in [4.78, 5) is 12.3. The van der Waals surface area contributed by atoms with E-state index in [0.717, 1.165) is 18.5 Å². The standard InChI is InChI=1S/C16H24N2O3/c1-10(18-16(19)13-7-8-17-11(13)2)12-5-6-14(20-3)15(9-12)21-4/h5-6,9-11,13,17H,7-8H2,1-4H3,(H,18,19). The second-order valence-corrected chi connectivity index (χ2v) is 5.48. The molecule has 21 heavy (non-hydrogen) atoms. The van der Waals surface area contributed by atoms with Gasteiger partial charge in [-0.2, -0.15) is 0 Å². The normalized spacial score (nSPS) is 22.7. The Balaban J connectivity index is 2.06. The fraction of sp³-hybridized carbons (Fsp3) is 0.562. The molecular formula is C16H24N2O3. The number of nitrogens with one attached hydrogen (secondary N) is 2. The fourth-order valence-electron chi connectivity index (χ4n) is 2.74. The van der Waals surface area contributed by atoms with Crippen molar-refractivity contribution in [2.24, 2.45) is 5.92 Å². The molecule has 1 amide bonds. The first kappa shape index (κ1) is 15.6. The predicted molar refractivity (Wildman–Crippen MR) is 81.7 cm³/mol. The van der Waals surface area contributed by atoms with Crippen molar-refractivity contribution >= 4 is 5.91 Å². The summed E-state index contributed by atoms with van der Waals surface area (Å²) in [5, 5.41) is 6.38. The molecule has 2 rings (SSSR count). The van der Waals surface area contributed by atoms with Gasteiger partial charge in [0.15, 0.2) is 11.5 Å². The zero-order chi connectivity index (χ0) is 15.4. The topological polar surface area (TPSA) is 59.6 Å². The molecule has 116 valence electrons. The SMILES string of the molecule is COc1ccc(C(C)NC(=O)C2CCNC2C)cc1OC. The first-order valence-corrected chi connectivity index (χ1v) is 7.32. The Kier molecular flexibility index (Phi) is 5.07. The lowest BCUT2D eigenvalue weighted by molar-refractivity contribution is -0.125. The average Bonchev–Trinajstić information content (AvgIpc) is 2.92. The van der Waals surface area contributed by atoms with Gasteiger partial charge >= 0.3 is 0 Å². The third-order valence-electron chi connectivity index (χ3n) is 4.13. The number of hydrogen-bond acceptors (Lipinski definition) is 4. The molecule has 1 aliphatic heterocycles. The lowest BCUT2D eigenvalue weighted by Gasteiger charge is -2.20. The van der Waals surface area contributed by atoms with Gasteiger partial charge in [0.25, 0.3) is 0 Å². The van der Waals surface area contributed by atoms with Crippen molar-refractivity contribution < 1.29 is 14.3 Å². The monoisotopic (exact) mass is 292 g/mol. The Morgan fingerprint density at radius 3 is 2.62 bits per heavy atom. The molecule has 0 aliphatic carbocycles. The number of methoxy groups -OCH3 is 2. The smallest absolute Gasteiger partial charge is 0.225 e. The molecule has 1 aromatic rings. The average molecular weight is 292 g/mol. The Bertz CT molecular complexity index is 504. The molecule has 0 radical (unpaired) electrons. The highest BCUT2D eigenvalue weighted by Gasteiger charge is 2.30. The number of rotatable bonds is 5. The van der Waals surface area contributed by atoms with Crippen LogP contribution in [-0.2, 0) is 4.79 Å². The molecule has 5 nitrogen and oxygen atoms in total. The predicted octanol–water partition coefficient (Wildman–Crippen LogP) is 1.88. The van der Waals surface area contributed by atoms with Crippen molar-refractivity contribution in [2.75, 3.05) is 20.8 Å². The third-order valence-corrected chi connectivity index (χ3v) is 4.13. The van der Waals surface area contributed by atoms with Crippen LogP contribution >= 0.6 is 0 Å². The van der Waals surface area contributed by atoms with Gasteiger partial charge in [0.05, 0.1) is 26.2 Å². The molecule has 1 aliphatic rings. The van der Waals surface area contributed by atoms with Crippen LogP contribution < -0.4 is 20.1 Å². The number of amides is 1. The first-order chi connectivity index (χ1) is 10.1. The van der Waals surface area contributed by atoms with Crippen molar-refractivity contribution in [3.8, 4) is 11.5 Å². The van der Waals surface area contributed by atoms with E-state index in [0.29, 0.717) is 11.5 Å². The summed E-state index contributed by atoms with van der Waals surface area (Å²) in [6, 6.07) is 5.88. The van der Waals surface area contributed by atoms with Gasteiger partial charge in [-0.1, -0.05) is 6.07 Å². The van der Waals surface area contributed by atoms with Crippen LogP contribution in [0.15, 0.2) is 18.2 Å². The summed E-state index contributed by atoms with van der Waals surface area (Å²) in [7, 11) is 3.22. The molecule has 3 atom stereocenters. The lowest BCUT2D eigenvalue weighted by atomic mass is 10.00. The molecule has 3 unspecified atom stereocenters. The molecule has 0 saturated carbocycles. The van der Waals surface area contributed by atoms with E-state index in [9.17, 15) is 4.79 Å². The maximum absolute atomic E-state index is 12.3. The largest absolute Gasteiger partial charge is 0.493 e. The maximum atomic E-state index is 12.3. The summed E-state index contributed by atoms with van der Waals surface area (Å²) in [5.74, 6) is 1.52. The van der Waals surface area contributed by atoms with Crippen LogP contribution in [0.5, 0.6) is 11.5 Å². The highest BCUT2D eigenvalue weighted by atomic mass is 16.5. The van der Waals surface area contributed by atoms with Crippen LogP contribution in [0.4, 0.5) is 0 Å². The van der Waals surface area contributed by atoms with Gasteiger partial charge in [0, 0.05) is 6.04 Å². The molecule has 2 N–H and O–H groups in total. The second kappa shape index (κ2) is 6.80. The van der Waals surface area contributed by atoms with Crippen molar-refractivity contribution in [3.05, 3.63) is 23.8 Å². The number of benzene rings is 1. The maximum Gasteiger partial charge on any atom is 0.225 e. The Morgan fingerprint density at radius 1 is 1.33 bits per heavy atom. The third kappa shape index (κ3) is 3.47. The minimum Gasteiger partial charge on any atom is -0.493 e. The highest BCUT2D eigenvalue weighted by molar-refractivity contribution is 5.80. The quantitative estimate of drug-likeness (QED) is 0.870.